The first-order chi connectivity index (χ1) is 4.56. The van der Waals surface area contributed by atoms with Crippen LogP contribution in [0.3, 0.4) is 0 Å². The summed E-state index contributed by atoms with van der Waals surface area (Å²) >= 11 is 0. The van der Waals surface area contributed by atoms with E-state index < -0.39 is 0 Å². The lowest BCUT2D eigenvalue weighted by Gasteiger charge is -2.02. The molecule has 0 radical (unpaired) electrons. The highest BCUT2D eigenvalue weighted by Gasteiger charge is 1.87. The summed E-state index contributed by atoms with van der Waals surface area (Å²) in [5.74, 6) is 0.0926. The molecule has 4 nitrogen and oxygen atoms in total. The quantitative estimate of drug-likeness (QED) is 0.499. The second-order valence-corrected chi connectivity index (χ2v) is 1.99. The average molecular weight is 147 g/mol. The number of hydrogen-bond acceptors (Lipinski definition) is 3. The van der Waals surface area contributed by atoms with Gasteiger partial charge in [0.2, 0.25) is 5.91 Å². The second kappa shape index (κ2) is 8.39. The van der Waals surface area contributed by atoms with Crippen molar-refractivity contribution in [3.8, 4) is 0 Å². The van der Waals surface area contributed by atoms with Gasteiger partial charge in [-0.05, 0) is 0 Å². The Kier molecular flexibility index (Phi) is 10.2. The highest BCUT2D eigenvalue weighted by Crippen LogP contribution is 1.69. The maximum Gasteiger partial charge on any atom is 0.218 e. The Balaban J connectivity index is 0. The van der Waals surface area contributed by atoms with Crippen LogP contribution in [-0.2, 0) is 4.79 Å². The maximum absolute atomic E-state index is 10.1. The Bertz CT molecular complexity index is 81.1. The van der Waals surface area contributed by atoms with E-state index in [0.717, 1.165) is 0 Å². The molecular formula is C6H17N3O. The minimum Gasteiger partial charge on any atom is -0.349 e. The summed E-state index contributed by atoms with van der Waals surface area (Å²) in [6.07, 6.45) is 0. The first-order valence-corrected chi connectivity index (χ1v) is 3.14. The lowest BCUT2D eigenvalue weighted by molar-refractivity contribution is -0.126. The molecule has 1 amide bonds. The lowest BCUT2D eigenvalue weighted by Crippen LogP contribution is -2.17. The van der Waals surface area contributed by atoms with Gasteiger partial charge in [0.15, 0.2) is 0 Å². The minimum absolute atomic E-state index is 0.0926. The summed E-state index contributed by atoms with van der Waals surface area (Å²) < 4.78 is 0. The van der Waals surface area contributed by atoms with Crippen LogP contribution in [0.4, 0.5) is 0 Å². The SMILES string of the molecule is CC(=O)N(C)C.NCCN. The summed E-state index contributed by atoms with van der Waals surface area (Å²) in [4.78, 5) is 11.6. The van der Waals surface area contributed by atoms with Gasteiger partial charge in [0.25, 0.3) is 0 Å². The Morgan fingerprint density at radius 3 is 1.50 bits per heavy atom. The Hall–Kier alpha value is -0.610. The van der Waals surface area contributed by atoms with E-state index in [0.29, 0.717) is 13.1 Å². The third-order valence-corrected chi connectivity index (χ3v) is 0.796. The van der Waals surface area contributed by atoms with Crippen molar-refractivity contribution in [2.75, 3.05) is 27.2 Å². The number of hydrogen-bond donors (Lipinski definition) is 2. The number of carbonyl (C=O) groups is 1. The van der Waals surface area contributed by atoms with E-state index in [2.05, 4.69) is 0 Å². The summed E-state index contributed by atoms with van der Waals surface area (Å²) in [6.45, 7) is 2.72. The Labute approximate surface area is 62.2 Å². The maximum atomic E-state index is 10.1. The zero-order chi connectivity index (χ0) is 8.57. The molecule has 0 fully saturated rings. The lowest BCUT2D eigenvalue weighted by atomic mass is 10.7. The molecule has 0 spiro atoms. The Morgan fingerprint density at radius 1 is 1.30 bits per heavy atom. The van der Waals surface area contributed by atoms with Gasteiger partial charge >= 0.3 is 0 Å². The van der Waals surface area contributed by atoms with Crippen LogP contribution < -0.4 is 11.5 Å². The van der Waals surface area contributed by atoms with Gasteiger partial charge in [-0.3, -0.25) is 4.79 Å². The summed E-state index contributed by atoms with van der Waals surface area (Å²) in [7, 11) is 3.45. The van der Waals surface area contributed by atoms with Crippen molar-refractivity contribution in [1.82, 2.24) is 4.90 Å². The molecule has 10 heavy (non-hydrogen) atoms. The standard InChI is InChI=1S/C4H9NO.C2H8N2/c1-4(6)5(2)3;3-1-2-4/h1-3H3;1-4H2. The minimum atomic E-state index is 0.0926. The topological polar surface area (TPSA) is 72.3 Å². The molecule has 0 aromatic carbocycles. The van der Waals surface area contributed by atoms with E-state index in [1.54, 1.807) is 14.1 Å². The van der Waals surface area contributed by atoms with Crippen LogP contribution >= 0.6 is 0 Å². The summed E-state index contributed by atoms with van der Waals surface area (Å²) in [5, 5.41) is 0. The van der Waals surface area contributed by atoms with Crippen molar-refractivity contribution in [1.29, 1.82) is 0 Å². The van der Waals surface area contributed by atoms with Gasteiger partial charge in [-0.1, -0.05) is 0 Å². The van der Waals surface area contributed by atoms with Gasteiger partial charge in [-0.25, -0.2) is 0 Å². The molecule has 0 aliphatic rings. The summed E-state index contributed by atoms with van der Waals surface area (Å²) in [5.41, 5.74) is 9.81. The molecule has 0 aliphatic heterocycles. The summed E-state index contributed by atoms with van der Waals surface area (Å²) in [6, 6.07) is 0. The van der Waals surface area contributed by atoms with Gasteiger partial charge in [-0.15, -0.1) is 0 Å². The molecule has 0 saturated heterocycles. The molecule has 0 atom stereocenters. The highest BCUT2D eigenvalue weighted by molar-refractivity contribution is 5.72. The van der Waals surface area contributed by atoms with E-state index in [1.165, 1.54) is 11.8 Å². The predicted molar refractivity (Wildman–Crippen MR) is 42.5 cm³/mol. The number of nitrogens with two attached hydrogens (primary N) is 2. The van der Waals surface area contributed by atoms with E-state index in [9.17, 15) is 4.79 Å². The number of rotatable bonds is 1. The third-order valence-electron chi connectivity index (χ3n) is 0.796. The molecule has 62 valence electrons. The van der Waals surface area contributed by atoms with Crippen molar-refractivity contribution >= 4 is 5.91 Å². The second-order valence-electron chi connectivity index (χ2n) is 1.99. The van der Waals surface area contributed by atoms with Crippen molar-refractivity contribution in [2.45, 2.75) is 6.92 Å². The van der Waals surface area contributed by atoms with Crippen LogP contribution in [0.5, 0.6) is 0 Å². The number of carbonyl (C=O) groups excluding carboxylic acids is 1. The first-order valence-electron chi connectivity index (χ1n) is 3.14. The smallest absolute Gasteiger partial charge is 0.218 e. The molecule has 0 aliphatic carbocycles. The van der Waals surface area contributed by atoms with Crippen LogP contribution in [0.25, 0.3) is 0 Å². The van der Waals surface area contributed by atoms with E-state index in [-0.39, 0.29) is 5.91 Å². The molecular weight excluding hydrogens is 130 g/mol. The van der Waals surface area contributed by atoms with Gasteiger partial charge in [0, 0.05) is 34.1 Å². The number of nitrogens with zero attached hydrogens (tertiary/aromatic N) is 1. The molecule has 0 unspecified atom stereocenters. The fourth-order valence-electron chi connectivity index (χ4n) is 0. The molecule has 4 heteroatoms. The zero-order valence-corrected chi connectivity index (χ0v) is 6.92. The van der Waals surface area contributed by atoms with Crippen LogP contribution in [0.1, 0.15) is 6.92 Å². The molecule has 0 bridgehead atoms. The van der Waals surface area contributed by atoms with Gasteiger partial charge in [0.1, 0.15) is 0 Å². The van der Waals surface area contributed by atoms with E-state index >= 15 is 0 Å². The van der Waals surface area contributed by atoms with Crippen LogP contribution in [0.15, 0.2) is 0 Å². The molecule has 0 rings (SSSR count). The fourth-order valence-corrected chi connectivity index (χ4v) is 0. The van der Waals surface area contributed by atoms with Crippen LogP contribution in [-0.4, -0.2) is 38.0 Å². The van der Waals surface area contributed by atoms with E-state index in [4.69, 9.17) is 11.5 Å². The van der Waals surface area contributed by atoms with Crippen molar-refractivity contribution < 1.29 is 4.79 Å². The van der Waals surface area contributed by atoms with Gasteiger partial charge < -0.3 is 16.4 Å². The fraction of sp³-hybridized carbons (Fsp3) is 0.833. The largest absolute Gasteiger partial charge is 0.349 e. The molecule has 0 aromatic rings. The molecule has 0 saturated carbocycles. The molecule has 0 heterocycles. The van der Waals surface area contributed by atoms with Crippen LogP contribution in [0.2, 0.25) is 0 Å². The van der Waals surface area contributed by atoms with E-state index in [1.807, 2.05) is 0 Å². The van der Waals surface area contributed by atoms with Crippen LogP contribution in [0, 0.1) is 0 Å². The van der Waals surface area contributed by atoms with Gasteiger partial charge in [0.05, 0.1) is 0 Å². The first kappa shape index (κ1) is 12.1. The van der Waals surface area contributed by atoms with Crippen molar-refractivity contribution in [2.24, 2.45) is 11.5 Å². The number of amides is 1. The third kappa shape index (κ3) is 15.7. The normalized spacial score (nSPS) is 7.70. The zero-order valence-electron chi connectivity index (χ0n) is 6.92. The average Bonchev–Trinajstić information content (AvgIpc) is 1.89. The van der Waals surface area contributed by atoms with Crippen molar-refractivity contribution in [3.63, 3.8) is 0 Å². The highest BCUT2D eigenvalue weighted by atomic mass is 16.2. The predicted octanol–water partition coefficient (Wildman–Crippen LogP) is -1.00. The van der Waals surface area contributed by atoms with Crippen molar-refractivity contribution in [3.05, 3.63) is 0 Å². The van der Waals surface area contributed by atoms with Gasteiger partial charge in [-0.2, -0.15) is 0 Å². The Morgan fingerprint density at radius 2 is 1.50 bits per heavy atom. The monoisotopic (exact) mass is 147 g/mol. The molecule has 4 N–H and O–H groups in total. The molecule has 0 aromatic heterocycles.